The summed E-state index contributed by atoms with van der Waals surface area (Å²) < 4.78 is 27.3. The molecule has 1 aliphatic rings. The summed E-state index contributed by atoms with van der Waals surface area (Å²) >= 11 is 0. The van der Waals surface area contributed by atoms with Gasteiger partial charge in [-0.05, 0) is 37.5 Å². The molecule has 7 heteroatoms. The summed E-state index contributed by atoms with van der Waals surface area (Å²) in [4.78, 5) is 0.158. The Morgan fingerprint density at radius 1 is 1.09 bits per heavy atom. The maximum atomic E-state index is 12.4. The van der Waals surface area contributed by atoms with Crippen LogP contribution in [-0.4, -0.2) is 18.7 Å². The van der Waals surface area contributed by atoms with Crippen molar-refractivity contribution in [2.45, 2.75) is 30.4 Å². The molecule has 5 N–H and O–H groups in total. The van der Waals surface area contributed by atoms with Crippen LogP contribution in [0.4, 0.5) is 0 Å². The van der Waals surface area contributed by atoms with E-state index in [1.807, 2.05) is 19.1 Å². The first-order valence-corrected chi connectivity index (χ1v) is 8.56. The maximum absolute atomic E-state index is 12.4. The molecule has 6 nitrogen and oxygen atoms in total. The fourth-order valence-electron chi connectivity index (χ4n) is 2.70. The molecule has 0 amide bonds. The van der Waals surface area contributed by atoms with E-state index in [0.29, 0.717) is 18.4 Å². The molecule has 0 bridgehead atoms. The second-order valence-electron chi connectivity index (χ2n) is 5.44. The molecule has 3 rings (SSSR count). The molecule has 0 aliphatic heterocycles. The number of rotatable bonds is 3. The minimum Gasteiger partial charge on any atom is -0.371 e. The molecule has 2 aromatic rings. The van der Waals surface area contributed by atoms with Crippen molar-refractivity contribution in [3.8, 4) is 0 Å². The van der Waals surface area contributed by atoms with Crippen LogP contribution < -0.4 is 10.6 Å². The van der Waals surface area contributed by atoms with Gasteiger partial charge in [0.2, 0.25) is 10.0 Å². The van der Waals surface area contributed by atoms with Crippen molar-refractivity contribution in [1.29, 1.82) is 0 Å². The van der Waals surface area contributed by atoms with Gasteiger partial charge >= 0.3 is 0 Å². The van der Waals surface area contributed by atoms with Crippen LogP contribution in [0.1, 0.15) is 23.1 Å². The van der Waals surface area contributed by atoms with E-state index in [9.17, 15) is 13.5 Å². The molecular formula is C16H20N2O4S. The van der Waals surface area contributed by atoms with Crippen molar-refractivity contribution < 1.29 is 18.7 Å². The first-order valence-electron chi connectivity index (χ1n) is 7.08. The van der Waals surface area contributed by atoms with Crippen molar-refractivity contribution in [3.05, 3.63) is 65.2 Å². The Morgan fingerprint density at radius 3 is 2.35 bits per heavy atom. The number of nitrogens with two attached hydrogens (primary N) is 1. The van der Waals surface area contributed by atoms with Gasteiger partial charge in [0.1, 0.15) is 0 Å². The third kappa shape index (κ3) is 3.60. The molecule has 0 fully saturated rings. The molecule has 1 aliphatic carbocycles. The number of aryl methyl sites for hydroxylation is 2. The summed E-state index contributed by atoms with van der Waals surface area (Å²) in [5.74, 6) is 3.50. The topological polar surface area (TPSA) is 113 Å². The van der Waals surface area contributed by atoms with E-state index in [1.54, 1.807) is 36.4 Å². The Hall–Kier alpha value is -1.77. The summed E-state index contributed by atoms with van der Waals surface area (Å²) in [6.07, 6.45) is 1.00. The van der Waals surface area contributed by atoms with Crippen LogP contribution in [0, 0.1) is 6.92 Å². The fourth-order valence-corrected chi connectivity index (χ4v) is 3.97. The van der Waals surface area contributed by atoms with Crippen LogP contribution in [0.3, 0.4) is 0 Å². The van der Waals surface area contributed by atoms with Crippen molar-refractivity contribution in [1.82, 2.24) is 4.72 Å². The lowest BCUT2D eigenvalue weighted by molar-refractivity contribution is 0.0267. The SMILES string of the molecule is Cc1ccc(S(=O)(=O)NC2(O)CCc3ccccc32)cc1.NO. The summed E-state index contributed by atoms with van der Waals surface area (Å²) in [6.45, 7) is 1.89. The third-order valence-corrected chi connectivity index (χ3v) is 5.35. The van der Waals surface area contributed by atoms with Gasteiger partial charge in [0.05, 0.1) is 4.90 Å². The molecule has 2 aromatic carbocycles. The molecule has 0 saturated carbocycles. The van der Waals surface area contributed by atoms with Gasteiger partial charge in [-0.25, -0.2) is 14.3 Å². The molecule has 0 radical (unpaired) electrons. The molecule has 0 spiro atoms. The zero-order valence-electron chi connectivity index (χ0n) is 12.7. The summed E-state index contributed by atoms with van der Waals surface area (Å²) in [5, 5.41) is 17.2. The van der Waals surface area contributed by atoms with Crippen molar-refractivity contribution in [2.75, 3.05) is 0 Å². The zero-order chi connectivity index (χ0) is 17.1. The lowest BCUT2D eigenvalue weighted by Crippen LogP contribution is -2.44. The van der Waals surface area contributed by atoms with Gasteiger partial charge in [-0.2, -0.15) is 4.72 Å². The number of aliphatic hydroxyl groups is 1. The highest BCUT2D eigenvalue weighted by molar-refractivity contribution is 7.89. The van der Waals surface area contributed by atoms with E-state index in [-0.39, 0.29) is 4.90 Å². The number of nitrogens with one attached hydrogen (secondary N) is 1. The number of hydrogen-bond acceptors (Lipinski definition) is 5. The van der Waals surface area contributed by atoms with Crippen LogP contribution in [-0.2, 0) is 22.2 Å². The predicted octanol–water partition coefficient (Wildman–Crippen LogP) is 1.40. The summed E-state index contributed by atoms with van der Waals surface area (Å²) in [5.41, 5.74) is 1.08. The normalized spacial score (nSPS) is 19.7. The van der Waals surface area contributed by atoms with E-state index in [1.165, 1.54) is 0 Å². The summed E-state index contributed by atoms with van der Waals surface area (Å²) in [7, 11) is -3.76. The lowest BCUT2D eigenvalue weighted by atomic mass is 10.1. The van der Waals surface area contributed by atoms with Crippen LogP contribution in [0.25, 0.3) is 0 Å². The second-order valence-corrected chi connectivity index (χ2v) is 7.12. The van der Waals surface area contributed by atoms with Gasteiger partial charge in [0.25, 0.3) is 0 Å². The quantitative estimate of drug-likeness (QED) is 0.500. The Bertz CT molecular complexity index is 775. The molecular weight excluding hydrogens is 316 g/mol. The highest BCUT2D eigenvalue weighted by Crippen LogP contribution is 2.35. The first-order chi connectivity index (χ1) is 10.9. The Kier molecular flexibility index (Phi) is 5.18. The van der Waals surface area contributed by atoms with Gasteiger partial charge < -0.3 is 10.3 Å². The maximum Gasteiger partial charge on any atom is 0.243 e. The van der Waals surface area contributed by atoms with Crippen LogP contribution in [0.5, 0.6) is 0 Å². The number of hydrogen-bond donors (Lipinski definition) is 4. The molecule has 23 heavy (non-hydrogen) atoms. The van der Waals surface area contributed by atoms with Gasteiger partial charge in [0.15, 0.2) is 5.72 Å². The van der Waals surface area contributed by atoms with E-state index in [4.69, 9.17) is 5.21 Å². The Morgan fingerprint density at radius 2 is 1.70 bits per heavy atom. The van der Waals surface area contributed by atoms with E-state index < -0.39 is 15.7 Å². The molecule has 0 heterocycles. The average Bonchev–Trinajstić information content (AvgIpc) is 2.87. The standard InChI is InChI=1S/C16H17NO3S.H3NO/c1-12-6-8-14(9-7-12)21(19,20)17-16(18)11-10-13-4-2-3-5-15(13)16;1-2/h2-9,17-18H,10-11H2,1H3;2H,1H2. The number of benzene rings is 2. The van der Waals surface area contributed by atoms with Gasteiger partial charge in [-0.15, -0.1) is 0 Å². The third-order valence-electron chi connectivity index (χ3n) is 3.85. The Labute approximate surface area is 135 Å². The number of fused-ring (bicyclic) bond motifs is 1. The molecule has 0 saturated heterocycles. The average molecular weight is 336 g/mol. The van der Waals surface area contributed by atoms with E-state index in [0.717, 1.165) is 11.1 Å². The number of sulfonamides is 1. The van der Waals surface area contributed by atoms with Crippen molar-refractivity contribution in [3.63, 3.8) is 0 Å². The van der Waals surface area contributed by atoms with Crippen molar-refractivity contribution in [2.24, 2.45) is 5.90 Å². The molecule has 1 atom stereocenters. The van der Waals surface area contributed by atoms with Crippen molar-refractivity contribution >= 4 is 10.0 Å². The van der Waals surface area contributed by atoms with Crippen LogP contribution in [0.15, 0.2) is 53.4 Å². The Balaban J connectivity index is 0.000000924. The zero-order valence-corrected chi connectivity index (χ0v) is 13.5. The van der Waals surface area contributed by atoms with Gasteiger partial charge in [-0.3, -0.25) is 0 Å². The van der Waals surface area contributed by atoms with E-state index in [2.05, 4.69) is 10.6 Å². The minimum absolute atomic E-state index is 0.158. The first kappa shape index (κ1) is 17.6. The molecule has 124 valence electrons. The van der Waals surface area contributed by atoms with Crippen LogP contribution in [0.2, 0.25) is 0 Å². The van der Waals surface area contributed by atoms with Gasteiger partial charge in [-0.1, -0.05) is 42.0 Å². The fraction of sp³-hybridized carbons (Fsp3) is 0.250. The van der Waals surface area contributed by atoms with Gasteiger partial charge in [0, 0.05) is 5.56 Å². The lowest BCUT2D eigenvalue weighted by Gasteiger charge is -2.25. The molecule has 0 aromatic heterocycles. The predicted molar refractivity (Wildman–Crippen MR) is 86.1 cm³/mol. The molecule has 1 unspecified atom stereocenters. The monoisotopic (exact) mass is 336 g/mol. The second kappa shape index (κ2) is 6.77. The summed E-state index contributed by atoms with van der Waals surface area (Å²) in [6, 6.07) is 13.9. The highest BCUT2D eigenvalue weighted by Gasteiger charge is 2.40. The smallest absolute Gasteiger partial charge is 0.243 e. The van der Waals surface area contributed by atoms with E-state index >= 15 is 0 Å². The highest BCUT2D eigenvalue weighted by atomic mass is 32.2. The largest absolute Gasteiger partial charge is 0.371 e. The minimum atomic E-state index is -3.76. The van der Waals surface area contributed by atoms with Crippen LogP contribution >= 0.6 is 0 Å².